The van der Waals surface area contributed by atoms with Crippen LogP contribution in [0.4, 0.5) is 0 Å². The summed E-state index contributed by atoms with van der Waals surface area (Å²) >= 11 is 0. The molecule has 6 heteroatoms. The lowest BCUT2D eigenvalue weighted by atomic mass is 10.1. The maximum atomic E-state index is 6.39. The molecule has 36 heavy (non-hydrogen) atoms. The fraction of sp³-hybridized carbons (Fsp3) is 0.800. The maximum absolute atomic E-state index is 6.39. The van der Waals surface area contributed by atoms with Crippen LogP contribution < -0.4 is 10.4 Å². The van der Waals surface area contributed by atoms with E-state index in [0.29, 0.717) is 0 Å². The van der Waals surface area contributed by atoms with Gasteiger partial charge in [0.2, 0.25) is 0 Å². The van der Waals surface area contributed by atoms with Gasteiger partial charge in [0, 0.05) is 13.2 Å². The molecule has 210 valence electrons. The predicted octanol–water partition coefficient (Wildman–Crippen LogP) is 4.89. The van der Waals surface area contributed by atoms with Crippen LogP contribution in [-0.2, 0) is 18.9 Å². The smallest absolute Gasteiger partial charge is 0.0602 e. The van der Waals surface area contributed by atoms with E-state index in [0.717, 1.165) is 38.1 Å². The van der Waals surface area contributed by atoms with Gasteiger partial charge in [0.05, 0.1) is 53.7 Å². The summed E-state index contributed by atoms with van der Waals surface area (Å²) in [6.07, 6.45) is 2.44. The highest BCUT2D eigenvalue weighted by Crippen LogP contribution is 2.19. The molecule has 4 nitrogen and oxygen atoms in total. The van der Waals surface area contributed by atoms with Gasteiger partial charge in [-0.2, -0.15) is 0 Å². The van der Waals surface area contributed by atoms with Crippen LogP contribution in [0.1, 0.15) is 95.9 Å². The van der Waals surface area contributed by atoms with Gasteiger partial charge in [-0.05, 0) is 108 Å². The van der Waals surface area contributed by atoms with E-state index < -0.39 is 0 Å². The molecule has 0 amide bonds. The van der Waals surface area contributed by atoms with Crippen molar-refractivity contribution < 1.29 is 18.9 Å². The van der Waals surface area contributed by atoms with Gasteiger partial charge in [0.25, 0.3) is 0 Å². The van der Waals surface area contributed by atoms with E-state index >= 15 is 0 Å². The van der Waals surface area contributed by atoms with E-state index in [2.05, 4.69) is 107 Å². The van der Waals surface area contributed by atoms with Gasteiger partial charge in [-0.25, -0.2) is 0 Å². The zero-order valence-electron chi connectivity index (χ0n) is 25.8. The Labute approximate surface area is 228 Å². The first kappa shape index (κ1) is 33.5. The van der Waals surface area contributed by atoms with Crippen LogP contribution in [0.3, 0.4) is 0 Å². The van der Waals surface area contributed by atoms with E-state index in [1.54, 1.807) is 0 Å². The predicted molar refractivity (Wildman–Crippen MR) is 162 cm³/mol. The summed E-state index contributed by atoms with van der Waals surface area (Å²) in [7, 11) is -0.780. The molecule has 2 atom stereocenters. The van der Waals surface area contributed by atoms with Gasteiger partial charge in [-0.1, -0.05) is 34.6 Å². The van der Waals surface area contributed by atoms with Crippen molar-refractivity contribution in [2.45, 2.75) is 143 Å². The normalized spacial score (nSPS) is 15.9. The van der Waals surface area contributed by atoms with Crippen LogP contribution in [0.2, 0.25) is 12.1 Å². The number of rotatable bonds is 14. The molecule has 2 unspecified atom stereocenters. The Kier molecular flexibility index (Phi) is 13.6. The van der Waals surface area contributed by atoms with Gasteiger partial charge in [-0.15, -0.1) is 0 Å². The Morgan fingerprint density at radius 1 is 0.528 bits per heavy atom. The Morgan fingerprint density at radius 2 is 0.833 bits per heavy atom. The minimum absolute atomic E-state index is 0.0972. The van der Waals surface area contributed by atoms with Crippen LogP contribution >= 0.6 is 0 Å². The van der Waals surface area contributed by atoms with Crippen LogP contribution in [-0.4, -0.2) is 66.9 Å². The number of hydrogen-bond donors (Lipinski definition) is 0. The number of ether oxygens (including phenoxy) is 4. The van der Waals surface area contributed by atoms with E-state index in [1.165, 1.54) is 10.4 Å². The van der Waals surface area contributed by atoms with Crippen LogP contribution in [0, 0.1) is 0 Å². The molecule has 1 aromatic carbocycles. The highest BCUT2D eigenvalue weighted by Gasteiger charge is 2.22. The van der Waals surface area contributed by atoms with E-state index in [-0.39, 0.29) is 53.7 Å². The average Bonchev–Trinajstić information content (AvgIpc) is 2.66. The standard InChI is InChI=1S/C30H58O4Si2/c1-27(2,3)31-19-17-23(33-29(7,8)9)21-35-25-13-15-26(16-14-25)36-22-24(34-30(10,11)12)18-20-32-28(4,5)6/h13-16,23-24H,17-22,35-36H2,1-12H3. The Morgan fingerprint density at radius 3 is 1.08 bits per heavy atom. The third-order valence-electron chi connectivity index (χ3n) is 5.52. The fourth-order valence-corrected chi connectivity index (χ4v) is 7.31. The molecule has 1 aromatic rings. The Hall–Kier alpha value is -0.506. The van der Waals surface area contributed by atoms with Crippen molar-refractivity contribution in [3.63, 3.8) is 0 Å². The van der Waals surface area contributed by atoms with Gasteiger partial charge in [-0.3, -0.25) is 0 Å². The maximum Gasteiger partial charge on any atom is 0.0602 e. The van der Waals surface area contributed by atoms with Crippen molar-refractivity contribution in [3.05, 3.63) is 24.3 Å². The number of hydrogen-bond acceptors (Lipinski definition) is 4. The van der Waals surface area contributed by atoms with Crippen molar-refractivity contribution in [3.8, 4) is 0 Å². The molecule has 0 fully saturated rings. The summed E-state index contributed by atoms with van der Waals surface area (Å²) in [5.41, 5.74) is -0.445. The van der Waals surface area contributed by atoms with Gasteiger partial charge < -0.3 is 18.9 Å². The molecule has 0 aliphatic carbocycles. The van der Waals surface area contributed by atoms with E-state index in [1.807, 2.05) is 0 Å². The zero-order valence-corrected chi connectivity index (χ0v) is 28.6. The zero-order chi connectivity index (χ0) is 27.6. The molecule has 0 spiro atoms. The summed E-state index contributed by atoms with van der Waals surface area (Å²) in [4.78, 5) is 0. The van der Waals surface area contributed by atoms with Crippen molar-refractivity contribution in [1.29, 1.82) is 0 Å². The average molecular weight is 539 g/mol. The molecule has 0 saturated heterocycles. The van der Waals surface area contributed by atoms with Crippen molar-refractivity contribution in [2.24, 2.45) is 0 Å². The van der Waals surface area contributed by atoms with Crippen molar-refractivity contribution >= 4 is 29.4 Å². The van der Waals surface area contributed by atoms with Crippen molar-refractivity contribution in [2.75, 3.05) is 13.2 Å². The third-order valence-corrected chi connectivity index (χ3v) is 9.49. The Bertz CT molecular complexity index is 659. The van der Waals surface area contributed by atoms with Crippen LogP contribution in [0.15, 0.2) is 24.3 Å². The second kappa shape index (κ2) is 14.6. The third kappa shape index (κ3) is 18.7. The van der Waals surface area contributed by atoms with Gasteiger partial charge in [0.15, 0.2) is 0 Å². The van der Waals surface area contributed by atoms with Gasteiger partial charge in [0.1, 0.15) is 0 Å². The first-order chi connectivity index (χ1) is 16.3. The topological polar surface area (TPSA) is 36.9 Å². The molecule has 0 heterocycles. The summed E-state index contributed by atoms with van der Waals surface area (Å²) in [5, 5.41) is 3.04. The SMILES string of the molecule is CC(C)(C)OCCC(C[SiH2]c1ccc([SiH2]CC(CCOC(C)(C)C)OC(C)(C)C)cc1)OC(C)(C)C. The lowest BCUT2D eigenvalue weighted by Gasteiger charge is -2.29. The summed E-state index contributed by atoms with van der Waals surface area (Å²) in [6, 6.07) is 11.8. The molecule has 0 radical (unpaired) electrons. The molecule has 0 aliphatic heterocycles. The Balaban J connectivity index is 2.63. The lowest BCUT2D eigenvalue weighted by Crippen LogP contribution is -2.33. The molecule has 0 saturated carbocycles. The number of benzene rings is 1. The largest absolute Gasteiger partial charge is 0.376 e. The van der Waals surface area contributed by atoms with Crippen molar-refractivity contribution in [1.82, 2.24) is 0 Å². The van der Waals surface area contributed by atoms with E-state index in [4.69, 9.17) is 18.9 Å². The minimum atomic E-state index is -0.390. The molecule has 0 aromatic heterocycles. The fourth-order valence-electron chi connectivity index (χ4n) is 4.05. The molecular weight excluding hydrogens is 480 g/mol. The molecule has 0 N–H and O–H groups in total. The van der Waals surface area contributed by atoms with E-state index in [9.17, 15) is 0 Å². The quantitative estimate of drug-likeness (QED) is 0.316. The molecule has 0 aliphatic rings. The second-order valence-electron chi connectivity index (χ2n) is 14.1. The first-order valence-electron chi connectivity index (χ1n) is 14.0. The summed E-state index contributed by atoms with van der Waals surface area (Å²) in [5.74, 6) is 0. The molecular formula is C30H58O4Si2. The molecule has 1 rings (SSSR count). The second-order valence-corrected chi connectivity index (χ2v) is 17.9. The lowest BCUT2D eigenvalue weighted by molar-refractivity contribution is -0.0767. The highest BCUT2D eigenvalue weighted by atomic mass is 28.2. The summed E-state index contributed by atoms with van der Waals surface area (Å²) < 4.78 is 24.7. The summed E-state index contributed by atoms with van der Waals surface area (Å²) in [6.45, 7) is 27.1. The minimum Gasteiger partial charge on any atom is -0.376 e. The highest BCUT2D eigenvalue weighted by molar-refractivity contribution is 6.55. The van der Waals surface area contributed by atoms with Crippen LogP contribution in [0.5, 0.6) is 0 Å². The van der Waals surface area contributed by atoms with Crippen LogP contribution in [0.25, 0.3) is 0 Å². The first-order valence-corrected chi connectivity index (χ1v) is 17.4. The monoisotopic (exact) mass is 538 g/mol. The van der Waals surface area contributed by atoms with Gasteiger partial charge >= 0.3 is 0 Å². The molecule has 0 bridgehead atoms.